The van der Waals surface area contributed by atoms with Gasteiger partial charge in [0.25, 0.3) is 0 Å². The Morgan fingerprint density at radius 2 is 2.00 bits per heavy atom. The molecule has 1 unspecified atom stereocenters. The Morgan fingerprint density at radius 3 is 2.80 bits per heavy atom. The summed E-state index contributed by atoms with van der Waals surface area (Å²) in [7, 11) is 0. The summed E-state index contributed by atoms with van der Waals surface area (Å²) in [5.41, 5.74) is 1.39. The summed E-state index contributed by atoms with van der Waals surface area (Å²) < 4.78 is 1.82. The van der Waals surface area contributed by atoms with Crippen LogP contribution in [0.2, 0.25) is 0 Å². The minimum Gasteiger partial charge on any atom is -0.352 e. The molecule has 5 nitrogen and oxygen atoms in total. The zero-order chi connectivity index (χ0) is 17.1. The van der Waals surface area contributed by atoms with E-state index in [0.29, 0.717) is 12.6 Å². The summed E-state index contributed by atoms with van der Waals surface area (Å²) in [6.07, 6.45) is 8.68. The molecule has 0 radical (unpaired) electrons. The Morgan fingerprint density at radius 1 is 1.16 bits per heavy atom. The van der Waals surface area contributed by atoms with Gasteiger partial charge in [0.15, 0.2) is 0 Å². The largest absolute Gasteiger partial charge is 0.352 e. The first-order valence-corrected chi connectivity index (χ1v) is 9.27. The van der Waals surface area contributed by atoms with Gasteiger partial charge in [0.05, 0.1) is 6.33 Å². The van der Waals surface area contributed by atoms with E-state index in [1.54, 1.807) is 12.5 Å². The van der Waals surface area contributed by atoms with Gasteiger partial charge in [-0.15, -0.1) is 0 Å². The van der Waals surface area contributed by atoms with E-state index in [0.717, 1.165) is 37.8 Å². The Kier molecular flexibility index (Phi) is 4.83. The minimum atomic E-state index is 0.0978. The molecule has 132 valence electrons. The van der Waals surface area contributed by atoms with Crippen LogP contribution in [0.15, 0.2) is 49.1 Å². The lowest BCUT2D eigenvalue weighted by Crippen LogP contribution is -2.41. The van der Waals surface area contributed by atoms with Gasteiger partial charge >= 0.3 is 0 Å². The van der Waals surface area contributed by atoms with Crippen molar-refractivity contribution in [2.75, 3.05) is 13.1 Å². The number of amides is 1. The van der Waals surface area contributed by atoms with Crippen LogP contribution in [0, 0.1) is 11.8 Å². The standard InChI is InChI=1S/C20H26N4O/c25-20(14-23-9-8-21-15-23)22-19-7-6-17-12-24(13-18(17)10-19)11-16-4-2-1-3-5-16/h1-5,8-9,15,17-19H,6-7,10-14H2,(H,22,25)/t17-,18+,19?/m1/s1. The lowest BCUT2D eigenvalue weighted by atomic mass is 9.79. The van der Waals surface area contributed by atoms with Crippen molar-refractivity contribution in [2.45, 2.75) is 38.4 Å². The van der Waals surface area contributed by atoms with E-state index in [1.165, 1.54) is 18.5 Å². The van der Waals surface area contributed by atoms with Crippen molar-refractivity contribution in [1.82, 2.24) is 19.8 Å². The van der Waals surface area contributed by atoms with E-state index < -0.39 is 0 Å². The topological polar surface area (TPSA) is 50.2 Å². The second kappa shape index (κ2) is 7.40. The molecule has 0 bridgehead atoms. The maximum absolute atomic E-state index is 12.2. The van der Waals surface area contributed by atoms with Crippen LogP contribution in [-0.4, -0.2) is 39.5 Å². The molecule has 2 aliphatic rings. The van der Waals surface area contributed by atoms with Gasteiger partial charge in [-0.05, 0) is 36.7 Å². The molecule has 1 aliphatic heterocycles. The molecule has 2 fully saturated rings. The van der Waals surface area contributed by atoms with Gasteiger partial charge in [0.1, 0.15) is 6.54 Å². The number of aromatic nitrogens is 2. The monoisotopic (exact) mass is 338 g/mol. The molecule has 1 amide bonds. The second-order valence-electron chi connectivity index (χ2n) is 7.51. The Labute approximate surface area is 149 Å². The Hall–Kier alpha value is -2.14. The third-order valence-corrected chi connectivity index (χ3v) is 5.62. The zero-order valence-corrected chi connectivity index (χ0v) is 14.6. The summed E-state index contributed by atoms with van der Waals surface area (Å²) in [4.78, 5) is 18.8. The fourth-order valence-electron chi connectivity index (χ4n) is 4.45. The molecule has 1 saturated heterocycles. The van der Waals surface area contributed by atoms with Gasteiger partial charge < -0.3 is 9.88 Å². The SMILES string of the molecule is O=C(Cn1ccnc1)NC1CC[C@@H]2CN(Cc3ccccc3)C[C@@H]2C1. The van der Waals surface area contributed by atoms with E-state index >= 15 is 0 Å². The van der Waals surface area contributed by atoms with Gasteiger partial charge in [-0.3, -0.25) is 9.69 Å². The van der Waals surface area contributed by atoms with Crippen LogP contribution >= 0.6 is 0 Å². The number of nitrogens with zero attached hydrogens (tertiary/aromatic N) is 3. The molecule has 2 aromatic rings. The number of carbonyl (C=O) groups excluding carboxylic acids is 1. The average molecular weight is 338 g/mol. The van der Waals surface area contributed by atoms with Crippen molar-refractivity contribution in [3.63, 3.8) is 0 Å². The summed E-state index contributed by atoms with van der Waals surface area (Å²) in [6.45, 7) is 3.78. The number of imidazole rings is 1. The fourth-order valence-corrected chi connectivity index (χ4v) is 4.45. The molecule has 25 heavy (non-hydrogen) atoms. The number of rotatable bonds is 5. The Balaban J connectivity index is 1.27. The lowest BCUT2D eigenvalue weighted by molar-refractivity contribution is -0.122. The van der Waals surface area contributed by atoms with E-state index in [-0.39, 0.29) is 5.91 Å². The summed E-state index contributed by atoms with van der Waals surface area (Å²) in [6, 6.07) is 11.1. The summed E-state index contributed by atoms with van der Waals surface area (Å²) in [5, 5.41) is 3.23. The molecule has 1 aromatic heterocycles. The van der Waals surface area contributed by atoms with E-state index in [4.69, 9.17) is 0 Å². The third-order valence-electron chi connectivity index (χ3n) is 5.62. The van der Waals surface area contributed by atoms with Crippen LogP contribution in [0.25, 0.3) is 0 Å². The first-order chi connectivity index (χ1) is 12.3. The number of benzene rings is 1. The highest BCUT2D eigenvalue weighted by atomic mass is 16.2. The second-order valence-corrected chi connectivity index (χ2v) is 7.51. The number of fused-ring (bicyclic) bond motifs is 1. The molecule has 4 rings (SSSR count). The Bertz CT molecular complexity index is 685. The van der Waals surface area contributed by atoms with Crippen molar-refractivity contribution in [3.8, 4) is 0 Å². The van der Waals surface area contributed by atoms with Gasteiger partial charge in [-0.2, -0.15) is 0 Å². The number of carbonyl (C=O) groups is 1. The molecule has 0 spiro atoms. The van der Waals surface area contributed by atoms with Crippen LogP contribution < -0.4 is 5.32 Å². The van der Waals surface area contributed by atoms with Crippen molar-refractivity contribution < 1.29 is 4.79 Å². The van der Waals surface area contributed by atoms with Gasteiger partial charge in [-0.25, -0.2) is 4.98 Å². The van der Waals surface area contributed by atoms with E-state index in [9.17, 15) is 4.79 Å². The van der Waals surface area contributed by atoms with Crippen LogP contribution in [0.4, 0.5) is 0 Å². The van der Waals surface area contributed by atoms with Crippen molar-refractivity contribution in [1.29, 1.82) is 0 Å². The third kappa shape index (κ3) is 4.10. The number of hydrogen-bond donors (Lipinski definition) is 1. The highest BCUT2D eigenvalue weighted by Crippen LogP contribution is 2.36. The molecule has 1 saturated carbocycles. The van der Waals surface area contributed by atoms with Crippen LogP contribution in [0.1, 0.15) is 24.8 Å². The molecule has 3 atom stereocenters. The molecule has 1 aliphatic carbocycles. The predicted octanol–water partition coefficient (Wildman–Crippen LogP) is 2.30. The highest BCUT2D eigenvalue weighted by molar-refractivity contribution is 5.76. The maximum Gasteiger partial charge on any atom is 0.240 e. The zero-order valence-electron chi connectivity index (χ0n) is 14.6. The predicted molar refractivity (Wildman–Crippen MR) is 96.7 cm³/mol. The summed E-state index contributed by atoms with van der Waals surface area (Å²) >= 11 is 0. The van der Waals surface area contributed by atoms with E-state index in [1.807, 2.05) is 10.8 Å². The number of likely N-dealkylation sites (tertiary alicyclic amines) is 1. The van der Waals surface area contributed by atoms with Crippen LogP contribution in [0.3, 0.4) is 0 Å². The fraction of sp³-hybridized carbons (Fsp3) is 0.500. The molecule has 5 heteroatoms. The quantitative estimate of drug-likeness (QED) is 0.910. The van der Waals surface area contributed by atoms with Gasteiger partial charge in [-0.1, -0.05) is 30.3 Å². The van der Waals surface area contributed by atoms with Gasteiger partial charge in [0.2, 0.25) is 5.91 Å². The average Bonchev–Trinajstić information content (AvgIpc) is 3.24. The first kappa shape index (κ1) is 16.3. The van der Waals surface area contributed by atoms with Crippen molar-refractivity contribution in [2.24, 2.45) is 11.8 Å². The molecular formula is C20H26N4O. The summed E-state index contributed by atoms with van der Waals surface area (Å²) in [5.74, 6) is 1.61. The van der Waals surface area contributed by atoms with Crippen LogP contribution in [0.5, 0.6) is 0 Å². The molecule has 1 N–H and O–H groups in total. The molecular weight excluding hydrogens is 312 g/mol. The van der Waals surface area contributed by atoms with Gasteiger partial charge in [0, 0.05) is 38.1 Å². The first-order valence-electron chi connectivity index (χ1n) is 9.27. The maximum atomic E-state index is 12.2. The lowest BCUT2D eigenvalue weighted by Gasteiger charge is -2.31. The van der Waals surface area contributed by atoms with E-state index in [2.05, 4.69) is 45.5 Å². The minimum absolute atomic E-state index is 0.0978. The number of nitrogens with one attached hydrogen (secondary N) is 1. The van der Waals surface area contributed by atoms with Crippen LogP contribution in [-0.2, 0) is 17.9 Å². The van der Waals surface area contributed by atoms with Crippen molar-refractivity contribution in [3.05, 3.63) is 54.6 Å². The normalized spacial score (nSPS) is 26.3. The smallest absolute Gasteiger partial charge is 0.240 e. The number of hydrogen-bond acceptors (Lipinski definition) is 3. The molecule has 2 heterocycles. The highest BCUT2D eigenvalue weighted by Gasteiger charge is 2.37. The molecule has 1 aromatic carbocycles. The van der Waals surface area contributed by atoms with Crippen molar-refractivity contribution >= 4 is 5.91 Å².